The van der Waals surface area contributed by atoms with Gasteiger partial charge in [0.25, 0.3) is 5.91 Å². The van der Waals surface area contributed by atoms with Crippen LogP contribution in [0, 0.1) is 24.1 Å². The molecular weight excluding hydrogens is 247 g/mol. The number of amides is 1. The lowest BCUT2D eigenvalue weighted by Gasteiger charge is -2.05. The van der Waals surface area contributed by atoms with Gasteiger partial charge in [-0.3, -0.25) is 9.48 Å². The van der Waals surface area contributed by atoms with E-state index in [2.05, 4.69) is 10.4 Å². The zero-order valence-corrected chi connectivity index (χ0v) is 10.4. The van der Waals surface area contributed by atoms with Gasteiger partial charge in [0.1, 0.15) is 17.4 Å². The first-order valence-corrected chi connectivity index (χ1v) is 5.53. The molecule has 1 heterocycles. The lowest BCUT2D eigenvalue weighted by atomic mass is 10.1. The fraction of sp³-hybridized carbons (Fsp3) is 0.154. The van der Waals surface area contributed by atoms with Crippen LogP contribution in [0.2, 0.25) is 0 Å². The van der Waals surface area contributed by atoms with Gasteiger partial charge in [0, 0.05) is 13.2 Å². The Bertz CT molecular complexity index is 684. The molecule has 0 aliphatic rings. The second-order valence-electron chi connectivity index (χ2n) is 4.07. The van der Waals surface area contributed by atoms with Crippen LogP contribution in [0.3, 0.4) is 0 Å². The second kappa shape index (κ2) is 4.90. The van der Waals surface area contributed by atoms with Crippen molar-refractivity contribution in [2.75, 3.05) is 5.32 Å². The number of benzene rings is 1. The summed E-state index contributed by atoms with van der Waals surface area (Å²) in [7, 11) is 1.63. The van der Waals surface area contributed by atoms with Crippen molar-refractivity contribution in [3.63, 3.8) is 0 Å². The van der Waals surface area contributed by atoms with E-state index in [-0.39, 0.29) is 16.9 Å². The second-order valence-corrected chi connectivity index (χ2v) is 4.07. The first kappa shape index (κ1) is 12.8. The molecule has 1 aromatic heterocycles. The van der Waals surface area contributed by atoms with E-state index >= 15 is 0 Å². The Labute approximate surface area is 109 Å². The van der Waals surface area contributed by atoms with Gasteiger partial charge in [-0.05, 0) is 18.6 Å². The molecule has 2 aromatic rings. The van der Waals surface area contributed by atoms with E-state index < -0.39 is 11.7 Å². The van der Waals surface area contributed by atoms with Gasteiger partial charge in [0.05, 0.1) is 5.56 Å². The smallest absolute Gasteiger partial charge is 0.259 e. The summed E-state index contributed by atoms with van der Waals surface area (Å²) in [5.74, 6) is -1.08. The highest BCUT2D eigenvalue weighted by Crippen LogP contribution is 2.16. The molecule has 1 aromatic carbocycles. The number of nitriles is 1. The molecule has 0 saturated heterocycles. The zero-order valence-electron chi connectivity index (χ0n) is 10.4. The summed E-state index contributed by atoms with van der Waals surface area (Å²) < 4.78 is 15.2. The molecule has 0 radical (unpaired) electrons. The van der Waals surface area contributed by atoms with Crippen LogP contribution in [0.1, 0.15) is 21.5 Å². The predicted molar refractivity (Wildman–Crippen MR) is 67.0 cm³/mol. The first-order valence-electron chi connectivity index (χ1n) is 5.53. The van der Waals surface area contributed by atoms with Crippen LogP contribution in [-0.2, 0) is 7.05 Å². The number of carbonyl (C=O) groups excluding carboxylic acids is 1. The number of carbonyl (C=O) groups is 1. The predicted octanol–water partition coefficient (Wildman–Crippen LogP) is 1.99. The summed E-state index contributed by atoms with van der Waals surface area (Å²) in [5.41, 5.74) is 0.535. The van der Waals surface area contributed by atoms with Crippen LogP contribution >= 0.6 is 0 Å². The highest BCUT2D eigenvalue weighted by molar-refractivity contribution is 6.04. The van der Waals surface area contributed by atoms with Gasteiger partial charge < -0.3 is 5.32 Å². The summed E-state index contributed by atoms with van der Waals surface area (Å²) in [5, 5.41) is 15.3. The molecule has 1 N–H and O–H groups in total. The van der Waals surface area contributed by atoms with E-state index in [4.69, 9.17) is 5.26 Å². The van der Waals surface area contributed by atoms with Gasteiger partial charge in [-0.15, -0.1) is 0 Å². The van der Waals surface area contributed by atoms with Gasteiger partial charge in [0.2, 0.25) is 0 Å². The summed E-state index contributed by atoms with van der Waals surface area (Å²) in [4.78, 5) is 12.0. The van der Waals surface area contributed by atoms with Crippen molar-refractivity contribution in [3.05, 3.63) is 46.9 Å². The van der Waals surface area contributed by atoms with Crippen LogP contribution in [0.25, 0.3) is 0 Å². The number of nitrogens with one attached hydrogen (secondary N) is 1. The Morgan fingerprint density at radius 1 is 1.53 bits per heavy atom. The number of hydrogen-bond donors (Lipinski definition) is 1. The third-order valence-corrected chi connectivity index (χ3v) is 2.62. The monoisotopic (exact) mass is 258 g/mol. The molecule has 0 saturated carbocycles. The van der Waals surface area contributed by atoms with Crippen LogP contribution in [0.5, 0.6) is 0 Å². The Kier molecular flexibility index (Phi) is 3.29. The summed E-state index contributed by atoms with van der Waals surface area (Å²) in [6.45, 7) is 1.58. The van der Waals surface area contributed by atoms with Crippen LogP contribution < -0.4 is 5.32 Å². The molecule has 0 atom stereocenters. The number of hydrogen-bond acceptors (Lipinski definition) is 3. The molecule has 0 unspecified atom stereocenters. The lowest BCUT2D eigenvalue weighted by molar-refractivity contribution is 0.102. The number of rotatable bonds is 2. The van der Waals surface area contributed by atoms with E-state index in [0.717, 1.165) is 0 Å². The average molecular weight is 258 g/mol. The van der Waals surface area contributed by atoms with Crippen molar-refractivity contribution in [2.45, 2.75) is 6.92 Å². The highest BCUT2D eigenvalue weighted by atomic mass is 19.1. The maximum Gasteiger partial charge on any atom is 0.259 e. The number of halogens is 1. The van der Waals surface area contributed by atoms with Crippen molar-refractivity contribution >= 4 is 11.7 Å². The standard InChI is InChI=1S/C13H11FN4O/c1-8-4-3-5-10(11(8)14)13(19)16-12-9(6-15)7-18(2)17-12/h3-5,7H,1-2H3,(H,16,17,19). The molecule has 0 aliphatic heterocycles. The van der Waals surface area contributed by atoms with Gasteiger partial charge in [0.15, 0.2) is 5.82 Å². The lowest BCUT2D eigenvalue weighted by Crippen LogP contribution is -2.15. The van der Waals surface area contributed by atoms with Crippen molar-refractivity contribution in [1.29, 1.82) is 5.26 Å². The molecule has 19 heavy (non-hydrogen) atoms. The molecule has 1 amide bonds. The summed E-state index contributed by atoms with van der Waals surface area (Å²) >= 11 is 0. The first-order chi connectivity index (χ1) is 9.02. The molecule has 96 valence electrons. The van der Waals surface area contributed by atoms with Gasteiger partial charge in [-0.1, -0.05) is 12.1 Å². The maximum atomic E-state index is 13.8. The molecule has 0 aliphatic carbocycles. The van der Waals surface area contributed by atoms with E-state index in [1.165, 1.54) is 16.9 Å². The molecular formula is C13H11FN4O. The molecule has 0 spiro atoms. The Hall–Kier alpha value is -2.68. The van der Waals surface area contributed by atoms with Crippen molar-refractivity contribution in [1.82, 2.24) is 9.78 Å². The third kappa shape index (κ3) is 2.45. The minimum absolute atomic E-state index is 0.0745. The molecule has 0 fully saturated rings. The summed E-state index contributed by atoms with van der Waals surface area (Å²) in [6.07, 6.45) is 1.47. The Morgan fingerprint density at radius 2 is 2.26 bits per heavy atom. The minimum atomic E-state index is -0.628. The fourth-order valence-corrected chi connectivity index (χ4v) is 1.66. The van der Waals surface area contributed by atoms with E-state index in [0.29, 0.717) is 5.56 Å². The van der Waals surface area contributed by atoms with Crippen LogP contribution in [-0.4, -0.2) is 15.7 Å². The Morgan fingerprint density at radius 3 is 2.95 bits per heavy atom. The molecule has 0 bridgehead atoms. The molecule has 6 heteroatoms. The topological polar surface area (TPSA) is 70.7 Å². The van der Waals surface area contributed by atoms with Crippen molar-refractivity contribution in [2.24, 2.45) is 7.05 Å². The number of anilines is 1. The third-order valence-electron chi connectivity index (χ3n) is 2.62. The molecule has 5 nitrogen and oxygen atoms in total. The SMILES string of the molecule is Cc1cccc(C(=O)Nc2nn(C)cc2C#N)c1F. The van der Waals surface area contributed by atoms with Crippen molar-refractivity contribution in [3.8, 4) is 6.07 Å². The maximum absolute atomic E-state index is 13.8. The van der Waals surface area contributed by atoms with Crippen molar-refractivity contribution < 1.29 is 9.18 Å². The van der Waals surface area contributed by atoms with E-state index in [1.54, 1.807) is 26.1 Å². The zero-order chi connectivity index (χ0) is 14.0. The van der Waals surface area contributed by atoms with Crippen LogP contribution in [0.4, 0.5) is 10.2 Å². The van der Waals surface area contributed by atoms with Gasteiger partial charge >= 0.3 is 0 Å². The normalized spacial score (nSPS) is 10.0. The number of aromatic nitrogens is 2. The van der Waals surface area contributed by atoms with Crippen LogP contribution in [0.15, 0.2) is 24.4 Å². The van der Waals surface area contributed by atoms with E-state index in [1.807, 2.05) is 6.07 Å². The van der Waals surface area contributed by atoms with Gasteiger partial charge in [-0.2, -0.15) is 10.4 Å². The Balaban J connectivity index is 2.31. The minimum Gasteiger partial charge on any atom is -0.304 e. The summed E-state index contributed by atoms with van der Waals surface area (Å²) in [6, 6.07) is 6.46. The quantitative estimate of drug-likeness (QED) is 0.895. The number of aryl methyl sites for hydroxylation is 2. The fourth-order valence-electron chi connectivity index (χ4n) is 1.66. The largest absolute Gasteiger partial charge is 0.304 e. The van der Waals surface area contributed by atoms with Gasteiger partial charge in [-0.25, -0.2) is 4.39 Å². The average Bonchev–Trinajstić information content (AvgIpc) is 2.72. The number of nitrogens with zero attached hydrogens (tertiary/aromatic N) is 3. The molecule has 2 rings (SSSR count). The highest BCUT2D eigenvalue weighted by Gasteiger charge is 2.16. The van der Waals surface area contributed by atoms with E-state index in [9.17, 15) is 9.18 Å².